The van der Waals surface area contributed by atoms with E-state index in [1.54, 1.807) is 11.1 Å². The Morgan fingerprint density at radius 3 is 1.73 bits per heavy atom. The Hall–Kier alpha value is -0.300. The van der Waals surface area contributed by atoms with E-state index in [9.17, 15) is 0 Å². The SMILES string of the molecule is c1scc(C2CC2)c1C1CC1. The molecule has 0 saturated heterocycles. The van der Waals surface area contributed by atoms with E-state index in [0.717, 1.165) is 11.8 Å². The predicted octanol–water partition coefficient (Wildman–Crippen LogP) is 3.50. The third kappa shape index (κ3) is 1.02. The average Bonchev–Trinajstić information content (AvgIpc) is 2.91. The summed E-state index contributed by atoms with van der Waals surface area (Å²) in [6.45, 7) is 0. The van der Waals surface area contributed by atoms with E-state index in [1.807, 2.05) is 11.3 Å². The van der Waals surface area contributed by atoms with Gasteiger partial charge in [0.05, 0.1) is 0 Å². The highest BCUT2D eigenvalue weighted by Crippen LogP contribution is 2.50. The van der Waals surface area contributed by atoms with Crippen molar-refractivity contribution in [3.63, 3.8) is 0 Å². The van der Waals surface area contributed by atoms with Gasteiger partial charge in [-0.05, 0) is 59.4 Å². The van der Waals surface area contributed by atoms with Gasteiger partial charge < -0.3 is 0 Å². The Morgan fingerprint density at radius 2 is 1.36 bits per heavy atom. The molecular weight excluding hydrogens is 152 g/mol. The molecule has 2 aliphatic rings. The van der Waals surface area contributed by atoms with Gasteiger partial charge in [-0.25, -0.2) is 0 Å². The first-order valence-electron chi connectivity index (χ1n) is 4.51. The lowest BCUT2D eigenvalue weighted by Gasteiger charge is -1.97. The highest BCUT2D eigenvalue weighted by Gasteiger charge is 2.32. The molecule has 0 unspecified atom stereocenters. The van der Waals surface area contributed by atoms with Gasteiger partial charge in [-0.2, -0.15) is 11.3 Å². The first-order valence-corrected chi connectivity index (χ1v) is 5.45. The van der Waals surface area contributed by atoms with E-state index in [4.69, 9.17) is 0 Å². The maximum atomic E-state index is 2.38. The molecule has 58 valence electrons. The molecule has 0 aromatic carbocycles. The summed E-state index contributed by atoms with van der Waals surface area (Å²) in [7, 11) is 0. The molecule has 2 fully saturated rings. The maximum absolute atomic E-state index is 2.38. The van der Waals surface area contributed by atoms with Crippen LogP contribution in [0.15, 0.2) is 10.8 Å². The van der Waals surface area contributed by atoms with Crippen molar-refractivity contribution in [1.29, 1.82) is 0 Å². The molecule has 1 heterocycles. The fraction of sp³-hybridized carbons (Fsp3) is 0.600. The highest BCUT2D eigenvalue weighted by atomic mass is 32.1. The highest BCUT2D eigenvalue weighted by molar-refractivity contribution is 7.08. The van der Waals surface area contributed by atoms with Crippen LogP contribution in [0, 0.1) is 0 Å². The maximum Gasteiger partial charge on any atom is -0.00555 e. The monoisotopic (exact) mass is 164 g/mol. The molecule has 0 radical (unpaired) electrons. The summed E-state index contributed by atoms with van der Waals surface area (Å²) in [6.07, 6.45) is 5.82. The van der Waals surface area contributed by atoms with Crippen LogP contribution in [0.5, 0.6) is 0 Å². The summed E-state index contributed by atoms with van der Waals surface area (Å²) in [5.74, 6) is 1.94. The lowest BCUT2D eigenvalue weighted by atomic mass is 10.1. The van der Waals surface area contributed by atoms with Crippen molar-refractivity contribution in [2.45, 2.75) is 37.5 Å². The van der Waals surface area contributed by atoms with Gasteiger partial charge in [-0.1, -0.05) is 0 Å². The fourth-order valence-corrected chi connectivity index (χ4v) is 2.79. The zero-order valence-electron chi connectivity index (χ0n) is 6.55. The van der Waals surface area contributed by atoms with Gasteiger partial charge in [0.1, 0.15) is 0 Å². The number of hydrogen-bond donors (Lipinski definition) is 0. The van der Waals surface area contributed by atoms with E-state index < -0.39 is 0 Å². The summed E-state index contributed by atoms with van der Waals surface area (Å²) < 4.78 is 0. The third-order valence-electron chi connectivity index (χ3n) is 2.76. The van der Waals surface area contributed by atoms with E-state index in [0.29, 0.717) is 0 Å². The van der Waals surface area contributed by atoms with E-state index in [1.165, 1.54) is 25.7 Å². The van der Waals surface area contributed by atoms with Gasteiger partial charge in [0.25, 0.3) is 0 Å². The normalized spacial score (nSPS) is 24.0. The molecular formula is C10H12S. The average molecular weight is 164 g/mol. The molecule has 0 atom stereocenters. The van der Waals surface area contributed by atoms with Crippen molar-refractivity contribution in [3.8, 4) is 0 Å². The van der Waals surface area contributed by atoms with Crippen molar-refractivity contribution in [1.82, 2.24) is 0 Å². The second-order valence-corrected chi connectivity index (χ2v) is 4.57. The quantitative estimate of drug-likeness (QED) is 0.627. The molecule has 1 heteroatoms. The molecule has 1 aromatic rings. The molecule has 2 saturated carbocycles. The molecule has 11 heavy (non-hydrogen) atoms. The van der Waals surface area contributed by atoms with Crippen LogP contribution in [0.1, 0.15) is 48.6 Å². The third-order valence-corrected chi connectivity index (χ3v) is 3.54. The van der Waals surface area contributed by atoms with Crippen molar-refractivity contribution in [2.75, 3.05) is 0 Å². The Bertz CT molecular complexity index is 240. The Balaban J connectivity index is 1.98. The Kier molecular flexibility index (Phi) is 1.19. The van der Waals surface area contributed by atoms with Crippen LogP contribution in [0.4, 0.5) is 0 Å². The molecule has 0 nitrogen and oxygen atoms in total. The summed E-state index contributed by atoms with van der Waals surface area (Å²) in [6, 6.07) is 0. The van der Waals surface area contributed by atoms with Crippen LogP contribution >= 0.6 is 11.3 Å². The van der Waals surface area contributed by atoms with E-state index in [2.05, 4.69) is 10.8 Å². The second kappa shape index (κ2) is 2.10. The van der Waals surface area contributed by atoms with Crippen LogP contribution < -0.4 is 0 Å². The van der Waals surface area contributed by atoms with E-state index in [-0.39, 0.29) is 0 Å². The first kappa shape index (κ1) is 6.24. The minimum atomic E-state index is 0.969. The minimum Gasteiger partial charge on any atom is -0.152 e. The summed E-state index contributed by atoms with van der Waals surface area (Å²) in [5.41, 5.74) is 3.41. The molecule has 0 amide bonds. The zero-order valence-corrected chi connectivity index (χ0v) is 7.36. The second-order valence-electron chi connectivity index (χ2n) is 3.83. The van der Waals surface area contributed by atoms with Crippen LogP contribution in [-0.4, -0.2) is 0 Å². The van der Waals surface area contributed by atoms with Crippen molar-refractivity contribution < 1.29 is 0 Å². The molecule has 0 bridgehead atoms. The number of thiophene rings is 1. The smallest absolute Gasteiger partial charge is 0.00555 e. The Morgan fingerprint density at radius 1 is 0.909 bits per heavy atom. The predicted molar refractivity (Wildman–Crippen MR) is 48.3 cm³/mol. The largest absolute Gasteiger partial charge is 0.152 e. The lowest BCUT2D eigenvalue weighted by Crippen LogP contribution is -1.81. The van der Waals surface area contributed by atoms with Crippen molar-refractivity contribution >= 4 is 11.3 Å². The van der Waals surface area contributed by atoms with Crippen LogP contribution in [-0.2, 0) is 0 Å². The molecule has 0 spiro atoms. The number of rotatable bonds is 2. The molecule has 3 rings (SSSR count). The fourth-order valence-electron chi connectivity index (χ4n) is 1.77. The Labute approximate surface area is 71.2 Å². The number of hydrogen-bond acceptors (Lipinski definition) is 1. The minimum absolute atomic E-state index is 0.969. The van der Waals surface area contributed by atoms with E-state index >= 15 is 0 Å². The van der Waals surface area contributed by atoms with Gasteiger partial charge in [0.2, 0.25) is 0 Å². The van der Waals surface area contributed by atoms with Gasteiger partial charge in [0, 0.05) is 0 Å². The van der Waals surface area contributed by atoms with Gasteiger partial charge in [-0.15, -0.1) is 0 Å². The van der Waals surface area contributed by atoms with Gasteiger partial charge >= 0.3 is 0 Å². The standard InChI is InChI=1S/C10H12S/c1-2-7(1)9-5-11-6-10(9)8-3-4-8/h5-8H,1-4H2. The summed E-state index contributed by atoms with van der Waals surface area (Å²) in [4.78, 5) is 0. The summed E-state index contributed by atoms with van der Waals surface area (Å²) >= 11 is 1.90. The van der Waals surface area contributed by atoms with Crippen LogP contribution in [0.2, 0.25) is 0 Å². The first-order chi connectivity index (χ1) is 5.45. The van der Waals surface area contributed by atoms with Crippen molar-refractivity contribution in [3.05, 3.63) is 21.9 Å². The molecule has 1 aromatic heterocycles. The topological polar surface area (TPSA) is 0 Å². The van der Waals surface area contributed by atoms with Gasteiger partial charge in [-0.3, -0.25) is 0 Å². The molecule has 0 N–H and O–H groups in total. The van der Waals surface area contributed by atoms with Crippen LogP contribution in [0.3, 0.4) is 0 Å². The zero-order chi connectivity index (χ0) is 7.26. The molecule has 0 aliphatic heterocycles. The summed E-state index contributed by atoms with van der Waals surface area (Å²) in [5, 5.41) is 4.76. The van der Waals surface area contributed by atoms with Crippen LogP contribution in [0.25, 0.3) is 0 Å². The lowest BCUT2D eigenvalue weighted by molar-refractivity contribution is 1.04. The van der Waals surface area contributed by atoms with Crippen molar-refractivity contribution in [2.24, 2.45) is 0 Å². The van der Waals surface area contributed by atoms with Gasteiger partial charge in [0.15, 0.2) is 0 Å². The molecule has 2 aliphatic carbocycles.